The Balaban J connectivity index is 2.46. The lowest BCUT2D eigenvalue weighted by atomic mass is 9.94. The molecule has 1 unspecified atom stereocenters. The number of allylic oxidation sites excluding steroid dienone is 4. The number of nitriles is 1. The van der Waals surface area contributed by atoms with Gasteiger partial charge in [0.05, 0.1) is 24.8 Å². The Bertz CT molecular complexity index is 557. The molecule has 94 valence electrons. The average molecular weight is 269 g/mol. The molecule has 0 aromatic carbocycles. The van der Waals surface area contributed by atoms with E-state index in [2.05, 4.69) is 5.16 Å². The molecule has 0 radical (unpaired) electrons. The maximum Gasteiger partial charge on any atom is 0.168 e. The van der Waals surface area contributed by atoms with E-state index in [0.717, 1.165) is 0 Å². The molecular formula is C12H10ClFN2O2. The highest BCUT2D eigenvalue weighted by atomic mass is 35.5. The highest BCUT2D eigenvalue weighted by molar-refractivity contribution is 6.16. The number of hydrogen-bond donors (Lipinski definition) is 0. The summed E-state index contributed by atoms with van der Waals surface area (Å²) in [6, 6.07) is 3.60. The Morgan fingerprint density at radius 3 is 3.06 bits per heavy atom. The largest absolute Gasteiger partial charge is 0.498 e. The summed E-state index contributed by atoms with van der Waals surface area (Å²) >= 11 is 5.62. The van der Waals surface area contributed by atoms with E-state index >= 15 is 0 Å². The van der Waals surface area contributed by atoms with E-state index in [0.29, 0.717) is 22.6 Å². The third-order valence-electron chi connectivity index (χ3n) is 2.64. The monoisotopic (exact) mass is 268 g/mol. The summed E-state index contributed by atoms with van der Waals surface area (Å²) in [6.45, 7) is 0. The van der Waals surface area contributed by atoms with Gasteiger partial charge in [-0.05, 0) is 6.08 Å². The zero-order chi connectivity index (χ0) is 13.1. The highest BCUT2D eigenvalue weighted by Gasteiger charge is 2.26. The summed E-state index contributed by atoms with van der Waals surface area (Å²) in [5.41, 5.74) is 1.36. The Morgan fingerprint density at radius 1 is 1.72 bits per heavy atom. The van der Waals surface area contributed by atoms with Crippen LogP contribution in [0.4, 0.5) is 4.39 Å². The molecule has 1 heterocycles. The molecule has 4 nitrogen and oxygen atoms in total. The van der Waals surface area contributed by atoms with E-state index in [-0.39, 0.29) is 18.1 Å². The quantitative estimate of drug-likeness (QED) is 0.791. The van der Waals surface area contributed by atoms with E-state index in [1.807, 2.05) is 6.07 Å². The van der Waals surface area contributed by atoms with Crippen LogP contribution in [0.1, 0.15) is 17.9 Å². The topological polar surface area (TPSA) is 59.1 Å². The number of rotatable bonds is 3. The maximum atomic E-state index is 13.6. The van der Waals surface area contributed by atoms with Gasteiger partial charge in [-0.25, -0.2) is 4.39 Å². The van der Waals surface area contributed by atoms with Crippen molar-refractivity contribution in [2.75, 3.05) is 7.11 Å². The van der Waals surface area contributed by atoms with Crippen molar-refractivity contribution >= 4 is 17.2 Å². The van der Waals surface area contributed by atoms with Crippen LogP contribution in [0, 0.1) is 11.3 Å². The minimum Gasteiger partial charge on any atom is -0.498 e. The first-order chi connectivity index (χ1) is 8.69. The lowest BCUT2D eigenvalue weighted by Gasteiger charge is -2.17. The Hall–Kier alpha value is -1.80. The first-order valence-electron chi connectivity index (χ1n) is 5.24. The molecule has 6 heteroatoms. The summed E-state index contributed by atoms with van der Waals surface area (Å²) in [5.74, 6) is 0.780. The van der Waals surface area contributed by atoms with Crippen molar-refractivity contribution in [2.45, 2.75) is 18.5 Å². The summed E-state index contributed by atoms with van der Waals surface area (Å²) in [4.78, 5) is 0. The standard InChI is InChI=1S/C12H10ClFN2O2/c1-17-12-4-9(7(6-15)2-10(12)14)11-3-8(5-13)16-18-11/h3-4,10H,2,5H2,1H3. The van der Waals surface area contributed by atoms with Crippen molar-refractivity contribution in [1.82, 2.24) is 5.16 Å². The molecule has 0 spiro atoms. The number of nitrogens with zero attached hydrogens (tertiary/aromatic N) is 2. The number of alkyl halides is 2. The molecule has 0 aliphatic heterocycles. The molecule has 2 rings (SSSR count). The molecule has 1 aromatic rings. The lowest BCUT2D eigenvalue weighted by Crippen LogP contribution is -2.12. The Labute approximate surface area is 108 Å². The van der Waals surface area contributed by atoms with E-state index in [1.54, 1.807) is 6.07 Å². The van der Waals surface area contributed by atoms with E-state index in [9.17, 15) is 4.39 Å². The van der Waals surface area contributed by atoms with E-state index in [1.165, 1.54) is 13.2 Å². The van der Waals surface area contributed by atoms with E-state index < -0.39 is 6.17 Å². The maximum absolute atomic E-state index is 13.6. The second-order valence-electron chi connectivity index (χ2n) is 3.74. The van der Waals surface area contributed by atoms with Crippen molar-refractivity contribution in [3.05, 3.63) is 34.9 Å². The van der Waals surface area contributed by atoms with Gasteiger partial charge in [0.2, 0.25) is 0 Å². The average Bonchev–Trinajstić information content (AvgIpc) is 2.87. The second-order valence-corrected chi connectivity index (χ2v) is 4.01. The predicted octanol–water partition coefficient (Wildman–Crippen LogP) is 2.96. The molecule has 1 aromatic heterocycles. The van der Waals surface area contributed by atoms with Gasteiger partial charge in [-0.15, -0.1) is 11.6 Å². The summed E-state index contributed by atoms with van der Waals surface area (Å²) < 4.78 is 23.6. The zero-order valence-corrected chi connectivity index (χ0v) is 10.4. The van der Waals surface area contributed by atoms with Gasteiger partial charge in [0, 0.05) is 23.6 Å². The van der Waals surface area contributed by atoms with Crippen molar-refractivity contribution in [1.29, 1.82) is 5.26 Å². The Kier molecular flexibility index (Phi) is 3.68. The molecular weight excluding hydrogens is 259 g/mol. The van der Waals surface area contributed by atoms with Crippen LogP contribution in [0.3, 0.4) is 0 Å². The van der Waals surface area contributed by atoms with Gasteiger partial charge in [-0.1, -0.05) is 5.16 Å². The van der Waals surface area contributed by atoms with Crippen molar-refractivity contribution < 1.29 is 13.7 Å². The highest BCUT2D eigenvalue weighted by Crippen LogP contribution is 2.33. The van der Waals surface area contributed by atoms with Crippen molar-refractivity contribution in [3.63, 3.8) is 0 Å². The summed E-state index contributed by atoms with van der Waals surface area (Å²) in [6.07, 6.45) is 0.136. The minimum absolute atomic E-state index is 0.0254. The number of aromatic nitrogens is 1. The molecule has 0 amide bonds. The van der Waals surface area contributed by atoms with Gasteiger partial charge in [-0.3, -0.25) is 0 Å². The zero-order valence-electron chi connectivity index (χ0n) is 9.61. The van der Waals surface area contributed by atoms with E-state index in [4.69, 9.17) is 26.1 Å². The molecule has 18 heavy (non-hydrogen) atoms. The minimum atomic E-state index is -1.30. The number of hydrogen-bond acceptors (Lipinski definition) is 4. The van der Waals surface area contributed by atoms with Crippen LogP contribution in [0.25, 0.3) is 5.57 Å². The third-order valence-corrected chi connectivity index (χ3v) is 2.91. The van der Waals surface area contributed by atoms with Crippen LogP contribution < -0.4 is 0 Å². The van der Waals surface area contributed by atoms with Crippen molar-refractivity contribution in [3.8, 4) is 6.07 Å². The predicted molar refractivity (Wildman–Crippen MR) is 63.2 cm³/mol. The molecule has 0 saturated carbocycles. The van der Waals surface area contributed by atoms with Crippen LogP contribution in [0.15, 0.2) is 28.0 Å². The fourth-order valence-electron chi connectivity index (χ4n) is 1.72. The SMILES string of the molecule is COC1=CC(c2cc(CCl)no2)=C(C#N)CC1F. The molecule has 0 fully saturated rings. The molecule has 0 N–H and O–H groups in total. The molecule has 0 saturated heterocycles. The van der Waals surface area contributed by atoms with Crippen LogP contribution in [0.2, 0.25) is 0 Å². The van der Waals surface area contributed by atoms with Crippen LogP contribution in [0.5, 0.6) is 0 Å². The molecule has 1 aliphatic rings. The molecule has 1 aliphatic carbocycles. The smallest absolute Gasteiger partial charge is 0.168 e. The van der Waals surface area contributed by atoms with Gasteiger partial charge in [0.15, 0.2) is 11.9 Å². The van der Waals surface area contributed by atoms with Gasteiger partial charge in [-0.2, -0.15) is 5.26 Å². The van der Waals surface area contributed by atoms with Gasteiger partial charge in [0.25, 0.3) is 0 Å². The van der Waals surface area contributed by atoms with Gasteiger partial charge < -0.3 is 9.26 Å². The summed E-state index contributed by atoms with van der Waals surface area (Å²) in [7, 11) is 1.39. The van der Waals surface area contributed by atoms with Crippen LogP contribution in [-0.2, 0) is 10.6 Å². The van der Waals surface area contributed by atoms with Crippen molar-refractivity contribution in [2.24, 2.45) is 0 Å². The van der Waals surface area contributed by atoms with Gasteiger partial charge >= 0.3 is 0 Å². The van der Waals surface area contributed by atoms with Crippen LogP contribution in [-0.4, -0.2) is 18.4 Å². The number of ether oxygens (including phenoxy) is 1. The first-order valence-corrected chi connectivity index (χ1v) is 5.78. The third kappa shape index (κ3) is 2.24. The second kappa shape index (κ2) is 5.23. The summed E-state index contributed by atoms with van der Waals surface area (Å²) in [5, 5.41) is 12.8. The number of methoxy groups -OCH3 is 1. The van der Waals surface area contributed by atoms with Crippen LogP contribution >= 0.6 is 11.6 Å². The first kappa shape index (κ1) is 12.7. The lowest BCUT2D eigenvalue weighted by molar-refractivity contribution is 0.202. The fraction of sp³-hybridized carbons (Fsp3) is 0.333. The molecule has 0 bridgehead atoms. The number of halogens is 2. The normalized spacial score (nSPS) is 19.4. The Morgan fingerprint density at radius 2 is 2.50 bits per heavy atom. The van der Waals surface area contributed by atoms with Gasteiger partial charge in [0.1, 0.15) is 5.76 Å². The molecule has 1 atom stereocenters. The fourth-order valence-corrected chi connectivity index (χ4v) is 1.85.